The fraction of sp³-hybridized carbons (Fsp3) is 0.500. The molecular weight excluding hydrogens is 230 g/mol. The fourth-order valence-electron chi connectivity index (χ4n) is 1.43. The lowest BCUT2D eigenvalue weighted by molar-refractivity contribution is -0.145. The molecule has 1 rings (SSSR count). The van der Waals surface area contributed by atoms with Crippen molar-refractivity contribution in [3.05, 3.63) is 29.8 Å². The molecular formula is C14H21NO3. The monoisotopic (exact) mass is 251 g/mol. The molecule has 1 aromatic carbocycles. The van der Waals surface area contributed by atoms with Gasteiger partial charge in [0.15, 0.2) is 0 Å². The van der Waals surface area contributed by atoms with Crippen LogP contribution < -0.4 is 10.5 Å². The molecule has 0 bridgehead atoms. The largest absolute Gasteiger partial charge is 0.497 e. The van der Waals surface area contributed by atoms with Crippen molar-refractivity contribution in [2.24, 2.45) is 11.7 Å². The Hall–Kier alpha value is -1.55. The highest BCUT2D eigenvalue weighted by atomic mass is 16.5. The molecule has 0 saturated heterocycles. The second kappa shape index (κ2) is 7.01. The van der Waals surface area contributed by atoms with Crippen LogP contribution in [0.2, 0.25) is 0 Å². The van der Waals surface area contributed by atoms with Gasteiger partial charge in [0.2, 0.25) is 0 Å². The van der Waals surface area contributed by atoms with Crippen LogP contribution in [0, 0.1) is 5.92 Å². The van der Waals surface area contributed by atoms with Crippen LogP contribution in [0.1, 0.15) is 31.9 Å². The molecule has 0 radical (unpaired) electrons. The Kier molecular flexibility index (Phi) is 5.65. The van der Waals surface area contributed by atoms with Crippen molar-refractivity contribution in [3.8, 4) is 5.75 Å². The van der Waals surface area contributed by atoms with Crippen molar-refractivity contribution in [3.63, 3.8) is 0 Å². The third-order valence-corrected chi connectivity index (χ3v) is 2.67. The van der Waals surface area contributed by atoms with Crippen LogP contribution in [0.5, 0.6) is 5.75 Å². The lowest BCUT2D eigenvalue weighted by Gasteiger charge is -2.13. The van der Waals surface area contributed by atoms with Crippen LogP contribution >= 0.6 is 0 Å². The minimum atomic E-state index is -0.733. The summed E-state index contributed by atoms with van der Waals surface area (Å²) in [7, 11) is 1.59. The van der Waals surface area contributed by atoms with Gasteiger partial charge in [0.1, 0.15) is 11.8 Å². The van der Waals surface area contributed by atoms with Crippen molar-refractivity contribution in [1.29, 1.82) is 0 Å². The third kappa shape index (κ3) is 4.37. The van der Waals surface area contributed by atoms with Gasteiger partial charge in [-0.3, -0.25) is 0 Å². The summed E-state index contributed by atoms with van der Waals surface area (Å²) in [4.78, 5) is 11.7. The maximum Gasteiger partial charge on any atom is 0.327 e. The Morgan fingerprint density at radius 2 is 1.89 bits per heavy atom. The molecule has 0 aliphatic heterocycles. The first-order valence-corrected chi connectivity index (χ1v) is 6.10. The Labute approximate surface area is 108 Å². The molecule has 0 amide bonds. The van der Waals surface area contributed by atoms with E-state index in [1.54, 1.807) is 31.4 Å². The molecule has 0 heterocycles. The van der Waals surface area contributed by atoms with Gasteiger partial charge in [-0.25, -0.2) is 4.79 Å². The van der Waals surface area contributed by atoms with E-state index >= 15 is 0 Å². The molecule has 1 atom stereocenters. The summed E-state index contributed by atoms with van der Waals surface area (Å²) in [5.41, 5.74) is 6.56. The summed E-state index contributed by atoms with van der Waals surface area (Å²) in [5, 5.41) is 0. The van der Waals surface area contributed by atoms with Gasteiger partial charge in [-0.15, -0.1) is 0 Å². The van der Waals surface area contributed by atoms with Crippen LogP contribution in [-0.2, 0) is 9.53 Å². The van der Waals surface area contributed by atoms with Crippen LogP contribution in [0.15, 0.2) is 24.3 Å². The van der Waals surface area contributed by atoms with E-state index in [9.17, 15) is 4.79 Å². The van der Waals surface area contributed by atoms with Gasteiger partial charge in [0.25, 0.3) is 0 Å². The van der Waals surface area contributed by atoms with Gasteiger partial charge in [-0.05, 0) is 30.0 Å². The number of carbonyl (C=O) groups is 1. The van der Waals surface area contributed by atoms with Crippen LogP contribution in [0.3, 0.4) is 0 Å². The first-order valence-electron chi connectivity index (χ1n) is 6.10. The van der Waals surface area contributed by atoms with Gasteiger partial charge in [0.05, 0.1) is 13.7 Å². The number of carbonyl (C=O) groups excluding carboxylic acids is 1. The number of methoxy groups -OCH3 is 1. The number of hydrogen-bond donors (Lipinski definition) is 1. The maximum absolute atomic E-state index is 11.7. The van der Waals surface area contributed by atoms with Crippen LogP contribution in [-0.4, -0.2) is 19.7 Å². The minimum absolute atomic E-state index is 0.388. The second-order valence-corrected chi connectivity index (χ2v) is 4.60. The standard InChI is InChI=1S/C14H21NO3/c1-10(2)8-9-18-14(16)13(15)11-4-6-12(17-3)7-5-11/h4-7,10,13H,8-9,15H2,1-3H3/t13-/m0/s1. The zero-order valence-electron chi connectivity index (χ0n) is 11.2. The van der Waals surface area contributed by atoms with E-state index in [1.165, 1.54) is 0 Å². The average molecular weight is 251 g/mol. The number of esters is 1. The molecule has 100 valence electrons. The van der Waals surface area contributed by atoms with Crippen molar-refractivity contribution < 1.29 is 14.3 Å². The van der Waals surface area contributed by atoms with E-state index in [0.717, 1.165) is 17.7 Å². The highest BCUT2D eigenvalue weighted by Gasteiger charge is 2.17. The molecule has 0 fully saturated rings. The number of hydrogen-bond acceptors (Lipinski definition) is 4. The molecule has 1 aromatic rings. The van der Waals surface area contributed by atoms with Gasteiger partial charge in [-0.2, -0.15) is 0 Å². The molecule has 0 saturated carbocycles. The molecule has 0 aromatic heterocycles. The average Bonchev–Trinajstić information content (AvgIpc) is 2.37. The minimum Gasteiger partial charge on any atom is -0.497 e. The Bertz CT molecular complexity index is 373. The summed E-state index contributed by atoms with van der Waals surface area (Å²) in [6.45, 7) is 4.58. The van der Waals surface area contributed by atoms with E-state index in [0.29, 0.717) is 12.5 Å². The molecule has 0 aliphatic rings. The van der Waals surface area contributed by atoms with Gasteiger partial charge in [0, 0.05) is 0 Å². The SMILES string of the molecule is COc1ccc([C@H](N)C(=O)OCCC(C)C)cc1. The molecule has 18 heavy (non-hydrogen) atoms. The zero-order chi connectivity index (χ0) is 13.5. The highest BCUT2D eigenvalue weighted by molar-refractivity contribution is 5.77. The van der Waals surface area contributed by atoms with E-state index in [-0.39, 0.29) is 5.97 Å². The third-order valence-electron chi connectivity index (χ3n) is 2.67. The van der Waals surface area contributed by atoms with Crippen molar-refractivity contribution in [1.82, 2.24) is 0 Å². The molecule has 0 spiro atoms. The number of ether oxygens (including phenoxy) is 2. The molecule has 2 N–H and O–H groups in total. The zero-order valence-corrected chi connectivity index (χ0v) is 11.2. The lowest BCUT2D eigenvalue weighted by atomic mass is 10.1. The number of rotatable bonds is 6. The summed E-state index contributed by atoms with van der Waals surface area (Å²) in [5.74, 6) is 0.856. The Morgan fingerprint density at radius 3 is 2.39 bits per heavy atom. The van der Waals surface area contributed by atoms with E-state index in [2.05, 4.69) is 13.8 Å². The van der Waals surface area contributed by atoms with E-state index in [1.807, 2.05) is 0 Å². The first kappa shape index (κ1) is 14.5. The van der Waals surface area contributed by atoms with Gasteiger partial charge < -0.3 is 15.2 Å². The first-order chi connectivity index (χ1) is 8.54. The lowest BCUT2D eigenvalue weighted by Crippen LogP contribution is -2.24. The second-order valence-electron chi connectivity index (χ2n) is 4.60. The summed E-state index contributed by atoms with van der Waals surface area (Å²) >= 11 is 0. The Balaban J connectivity index is 2.51. The number of benzene rings is 1. The summed E-state index contributed by atoms with van der Waals surface area (Å²) < 4.78 is 10.2. The van der Waals surface area contributed by atoms with Crippen molar-refractivity contribution in [2.75, 3.05) is 13.7 Å². The molecule has 0 aliphatic carbocycles. The summed E-state index contributed by atoms with van der Waals surface area (Å²) in [6.07, 6.45) is 0.848. The van der Waals surface area contributed by atoms with Gasteiger partial charge >= 0.3 is 5.97 Å². The van der Waals surface area contributed by atoms with E-state index < -0.39 is 6.04 Å². The van der Waals surface area contributed by atoms with Crippen LogP contribution in [0.4, 0.5) is 0 Å². The normalized spacial score (nSPS) is 12.3. The topological polar surface area (TPSA) is 61.5 Å². The predicted octanol–water partition coefficient (Wildman–Crippen LogP) is 2.28. The smallest absolute Gasteiger partial charge is 0.327 e. The van der Waals surface area contributed by atoms with Crippen molar-refractivity contribution in [2.45, 2.75) is 26.3 Å². The molecule has 4 heteroatoms. The Morgan fingerprint density at radius 1 is 1.28 bits per heavy atom. The quantitative estimate of drug-likeness (QED) is 0.788. The predicted molar refractivity (Wildman–Crippen MR) is 70.3 cm³/mol. The van der Waals surface area contributed by atoms with Crippen LogP contribution in [0.25, 0.3) is 0 Å². The fourth-order valence-corrected chi connectivity index (χ4v) is 1.43. The van der Waals surface area contributed by atoms with Gasteiger partial charge in [-0.1, -0.05) is 26.0 Å². The van der Waals surface area contributed by atoms with E-state index in [4.69, 9.17) is 15.2 Å². The highest BCUT2D eigenvalue weighted by Crippen LogP contribution is 2.17. The van der Waals surface area contributed by atoms with Crippen molar-refractivity contribution >= 4 is 5.97 Å². The molecule has 0 unspecified atom stereocenters. The number of nitrogens with two attached hydrogens (primary N) is 1. The molecule has 4 nitrogen and oxygen atoms in total. The maximum atomic E-state index is 11.7. The summed E-state index contributed by atoms with van der Waals surface area (Å²) in [6, 6.07) is 6.36.